The lowest BCUT2D eigenvalue weighted by Gasteiger charge is -2.18. The predicted molar refractivity (Wildman–Crippen MR) is 111 cm³/mol. The molecule has 0 saturated heterocycles. The van der Waals surface area contributed by atoms with Crippen molar-refractivity contribution in [2.45, 2.75) is 26.8 Å². The van der Waals surface area contributed by atoms with Gasteiger partial charge in [-0.3, -0.25) is 4.90 Å². The summed E-state index contributed by atoms with van der Waals surface area (Å²) < 4.78 is 11.6. The number of nitrogens with one attached hydrogen (secondary N) is 1. The maximum Gasteiger partial charge on any atom is 0.147 e. The van der Waals surface area contributed by atoms with Crippen LogP contribution in [0.15, 0.2) is 48.5 Å². The highest BCUT2D eigenvalue weighted by Gasteiger charge is 2.05. The van der Waals surface area contributed by atoms with Gasteiger partial charge in [0, 0.05) is 18.5 Å². The number of rotatable bonds is 10. The molecule has 3 aromatic rings. The smallest absolute Gasteiger partial charge is 0.147 e. The molecule has 3 rings (SSSR count). The molecule has 1 heterocycles. The van der Waals surface area contributed by atoms with Crippen LogP contribution in [0.25, 0.3) is 10.1 Å². The molecule has 0 unspecified atom stereocenters. The van der Waals surface area contributed by atoms with Crippen molar-refractivity contribution in [2.24, 2.45) is 0 Å². The Morgan fingerprint density at radius 2 is 1.92 bits per heavy atom. The van der Waals surface area contributed by atoms with E-state index in [2.05, 4.69) is 64.8 Å². The summed E-state index contributed by atoms with van der Waals surface area (Å²) in [5.41, 5.74) is 1.30. The van der Waals surface area contributed by atoms with Crippen molar-refractivity contribution in [1.82, 2.24) is 9.27 Å². The standard InChI is InChI=1S/C21H27N3OS/c1-3-24(4-2)16-17-9-7-10-18(15-17)25-14-8-13-22-21-19-11-5-6-12-20(19)26-23-21/h5-7,9-12,15H,3-4,8,13-14,16H2,1-2H3,(H,22,23). The van der Waals surface area contributed by atoms with Crippen LogP contribution in [0.5, 0.6) is 5.75 Å². The quantitative estimate of drug-likeness (QED) is 0.509. The van der Waals surface area contributed by atoms with E-state index in [0.717, 1.165) is 44.2 Å². The molecular formula is C21H27N3OS. The van der Waals surface area contributed by atoms with Crippen molar-refractivity contribution in [1.29, 1.82) is 0 Å². The van der Waals surface area contributed by atoms with E-state index in [1.807, 2.05) is 12.1 Å². The van der Waals surface area contributed by atoms with Crippen molar-refractivity contribution in [3.05, 3.63) is 54.1 Å². The van der Waals surface area contributed by atoms with Gasteiger partial charge in [0.1, 0.15) is 11.6 Å². The molecule has 0 bridgehead atoms. The van der Waals surface area contributed by atoms with E-state index in [1.165, 1.54) is 27.2 Å². The van der Waals surface area contributed by atoms with E-state index in [4.69, 9.17) is 4.74 Å². The summed E-state index contributed by atoms with van der Waals surface area (Å²) in [5, 5.41) is 4.62. The fraction of sp³-hybridized carbons (Fsp3) is 0.381. The lowest BCUT2D eigenvalue weighted by atomic mass is 10.2. The van der Waals surface area contributed by atoms with Crippen molar-refractivity contribution in [2.75, 3.05) is 31.6 Å². The molecule has 0 aliphatic rings. The Kier molecular flexibility index (Phi) is 6.86. The fourth-order valence-electron chi connectivity index (χ4n) is 2.92. The summed E-state index contributed by atoms with van der Waals surface area (Å²) in [5.74, 6) is 1.93. The summed E-state index contributed by atoms with van der Waals surface area (Å²) in [6.07, 6.45) is 0.937. The molecule has 1 N–H and O–H groups in total. The van der Waals surface area contributed by atoms with Gasteiger partial charge in [-0.1, -0.05) is 38.1 Å². The van der Waals surface area contributed by atoms with Gasteiger partial charge in [0.05, 0.1) is 11.3 Å². The number of ether oxygens (including phenoxy) is 1. The molecule has 4 nitrogen and oxygen atoms in total. The van der Waals surface area contributed by atoms with E-state index in [0.29, 0.717) is 6.61 Å². The number of benzene rings is 2. The Hall–Kier alpha value is -2.11. The highest BCUT2D eigenvalue weighted by atomic mass is 32.1. The molecule has 5 heteroatoms. The molecule has 0 spiro atoms. The van der Waals surface area contributed by atoms with Crippen LogP contribution in [-0.2, 0) is 6.54 Å². The number of hydrogen-bond donors (Lipinski definition) is 1. The van der Waals surface area contributed by atoms with Crippen LogP contribution in [0.4, 0.5) is 5.82 Å². The molecule has 1 aromatic heterocycles. The third-order valence-corrected chi connectivity index (χ3v) is 5.29. The highest BCUT2D eigenvalue weighted by Crippen LogP contribution is 2.26. The molecule has 0 fully saturated rings. The van der Waals surface area contributed by atoms with Gasteiger partial charge in [-0.05, 0) is 60.9 Å². The summed E-state index contributed by atoms with van der Waals surface area (Å²) in [4.78, 5) is 2.40. The van der Waals surface area contributed by atoms with Gasteiger partial charge in [0.15, 0.2) is 0 Å². The third-order valence-electron chi connectivity index (χ3n) is 4.46. The average Bonchev–Trinajstić information content (AvgIpc) is 3.09. The summed E-state index contributed by atoms with van der Waals surface area (Å²) in [6, 6.07) is 16.7. The maximum absolute atomic E-state index is 5.93. The van der Waals surface area contributed by atoms with Crippen molar-refractivity contribution in [3.63, 3.8) is 0 Å². The van der Waals surface area contributed by atoms with Gasteiger partial charge in [-0.15, -0.1) is 0 Å². The molecule has 0 aliphatic heterocycles. The van der Waals surface area contributed by atoms with Crippen LogP contribution in [0.2, 0.25) is 0 Å². The van der Waals surface area contributed by atoms with Gasteiger partial charge >= 0.3 is 0 Å². The molecule has 0 radical (unpaired) electrons. The summed E-state index contributed by atoms with van der Waals surface area (Å²) >= 11 is 1.54. The Balaban J connectivity index is 1.43. The van der Waals surface area contributed by atoms with Crippen molar-refractivity contribution < 1.29 is 4.74 Å². The lowest BCUT2D eigenvalue weighted by molar-refractivity contribution is 0.292. The van der Waals surface area contributed by atoms with Crippen molar-refractivity contribution >= 4 is 27.4 Å². The third kappa shape index (κ3) is 4.96. The van der Waals surface area contributed by atoms with Gasteiger partial charge in [-0.25, -0.2) is 0 Å². The van der Waals surface area contributed by atoms with Crippen LogP contribution in [0.1, 0.15) is 25.8 Å². The van der Waals surface area contributed by atoms with Crippen LogP contribution in [-0.4, -0.2) is 35.5 Å². The monoisotopic (exact) mass is 369 g/mol. The van der Waals surface area contributed by atoms with Crippen LogP contribution < -0.4 is 10.1 Å². The minimum atomic E-state index is 0.698. The highest BCUT2D eigenvalue weighted by molar-refractivity contribution is 7.13. The number of fused-ring (bicyclic) bond motifs is 1. The van der Waals surface area contributed by atoms with E-state index < -0.39 is 0 Å². The molecular weight excluding hydrogens is 342 g/mol. The Morgan fingerprint density at radius 1 is 1.08 bits per heavy atom. The molecule has 0 amide bonds. The Morgan fingerprint density at radius 3 is 2.77 bits per heavy atom. The average molecular weight is 370 g/mol. The number of nitrogens with zero attached hydrogens (tertiary/aromatic N) is 2. The number of hydrogen-bond acceptors (Lipinski definition) is 5. The summed E-state index contributed by atoms with van der Waals surface area (Å²) in [7, 11) is 0. The SMILES string of the molecule is CCN(CC)Cc1cccc(OCCCNc2nsc3ccccc23)c1. The predicted octanol–water partition coefficient (Wildman–Crippen LogP) is 5.02. The second kappa shape index (κ2) is 9.55. The lowest BCUT2D eigenvalue weighted by Crippen LogP contribution is -2.22. The first-order valence-electron chi connectivity index (χ1n) is 9.32. The van der Waals surface area contributed by atoms with Crippen LogP contribution >= 0.6 is 11.5 Å². The summed E-state index contributed by atoms with van der Waals surface area (Å²) in [6.45, 7) is 9.06. The molecule has 2 aromatic carbocycles. The topological polar surface area (TPSA) is 37.4 Å². The zero-order chi connectivity index (χ0) is 18.2. The first-order valence-corrected chi connectivity index (χ1v) is 10.1. The second-order valence-electron chi connectivity index (χ2n) is 6.26. The zero-order valence-corrected chi connectivity index (χ0v) is 16.4. The van der Waals surface area contributed by atoms with Crippen molar-refractivity contribution in [3.8, 4) is 5.75 Å². The van der Waals surface area contributed by atoms with Gasteiger partial charge in [0.2, 0.25) is 0 Å². The molecule has 0 saturated carbocycles. The van der Waals surface area contributed by atoms with Gasteiger partial charge in [-0.2, -0.15) is 4.37 Å². The minimum Gasteiger partial charge on any atom is -0.494 e. The van der Waals surface area contributed by atoms with E-state index in [9.17, 15) is 0 Å². The van der Waals surface area contributed by atoms with E-state index in [1.54, 1.807) is 0 Å². The molecule has 26 heavy (non-hydrogen) atoms. The number of anilines is 1. The first kappa shape index (κ1) is 18.7. The fourth-order valence-corrected chi connectivity index (χ4v) is 3.68. The molecule has 0 aliphatic carbocycles. The second-order valence-corrected chi connectivity index (χ2v) is 7.07. The zero-order valence-electron chi connectivity index (χ0n) is 15.6. The van der Waals surface area contributed by atoms with Crippen LogP contribution in [0, 0.1) is 0 Å². The van der Waals surface area contributed by atoms with Gasteiger partial charge < -0.3 is 10.1 Å². The Labute approximate surface area is 160 Å². The van der Waals surface area contributed by atoms with E-state index >= 15 is 0 Å². The molecule has 138 valence electrons. The Bertz CT molecular complexity index is 814. The largest absolute Gasteiger partial charge is 0.494 e. The van der Waals surface area contributed by atoms with E-state index in [-0.39, 0.29) is 0 Å². The normalized spacial score (nSPS) is 11.2. The minimum absolute atomic E-state index is 0.698. The van der Waals surface area contributed by atoms with Crippen LogP contribution in [0.3, 0.4) is 0 Å². The van der Waals surface area contributed by atoms with Gasteiger partial charge in [0.25, 0.3) is 0 Å². The molecule has 0 atom stereocenters. The first-order chi connectivity index (χ1) is 12.8. The maximum atomic E-state index is 5.93. The number of aromatic nitrogens is 1.